The Hall–Kier alpha value is -1.77. The first kappa shape index (κ1) is 11.3. The summed E-state index contributed by atoms with van der Waals surface area (Å²) in [7, 11) is 0. The second-order valence-corrected chi connectivity index (χ2v) is 3.96. The molecule has 1 aromatic rings. The first-order valence-corrected chi connectivity index (χ1v) is 4.59. The third-order valence-electron chi connectivity index (χ3n) is 2.44. The Bertz CT molecular complexity index is 405. The van der Waals surface area contributed by atoms with Crippen molar-refractivity contribution in [2.24, 2.45) is 0 Å². The zero-order valence-electron chi connectivity index (χ0n) is 8.82. The highest BCUT2D eigenvalue weighted by Gasteiger charge is 2.23. The van der Waals surface area contributed by atoms with Crippen LogP contribution in [0.3, 0.4) is 0 Å². The van der Waals surface area contributed by atoms with Crippen molar-refractivity contribution in [3.05, 3.63) is 42.0 Å². The fraction of sp³-hybridized carbons (Fsp3) is 0.250. The number of phenolic OH excluding ortho intramolecular Hbond substituents is 1. The number of benzene rings is 1. The number of hydrogen-bond acceptors (Lipinski definition) is 2. The minimum absolute atomic E-state index is 0.0601. The van der Waals surface area contributed by atoms with Crippen LogP contribution < -0.4 is 0 Å². The maximum atomic E-state index is 11.0. The third kappa shape index (κ3) is 2.18. The van der Waals surface area contributed by atoms with E-state index in [4.69, 9.17) is 5.11 Å². The van der Waals surface area contributed by atoms with Crippen molar-refractivity contribution in [1.29, 1.82) is 0 Å². The molecule has 0 aliphatic heterocycles. The Morgan fingerprint density at radius 1 is 1.47 bits per heavy atom. The number of carbonyl (C=O) groups is 1. The molecule has 0 amide bonds. The molecule has 0 atom stereocenters. The van der Waals surface area contributed by atoms with E-state index in [2.05, 4.69) is 6.58 Å². The molecular weight excluding hydrogens is 192 g/mol. The van der Waals surface area contributed by atoms with Gasteiger partial charge >= 0.3 is 5.97 Å². The molecule has 0 heterocycles. The molecule has 0 aliphatic carbocycles. The summed E-state index contributed by atoms with van der Waals surface area (Å²) in [6.07, 6.45) is 1.66. The molecule has 0 saturated carbocycles. The number of hydrogen-bond donors (Lipinski definition) is 2. The number of aromatic hydroxyl groups is 1. The van der Waals surface area contributed by atoms with Crippen LogP contribution in [-0.4, -0.2) is 16.2 Å². The number of carboxylic acid groups (broad SMARTS) is 1. The van der Waals surface area contributed by atoms with Crippen LogP contribution in [0, 0.1) is 0 Å². The standard InChI is InChI=1S/C12H14O3/c1-4-12(2,3)10-7-8(13)5-6-9(10)11(14)15/h4-7,13H,1H2,2-3H3,(H,14,15). The van der Waals surface area contributed by atoms with Crippen LogP contribution in [0.5, 0.6) is 5.75 Å². The van der Waals surface area contributed by atoms with Gasteiger partial charge in [-0.15, -0.1) is 6.58 Å². The van der Waals surface area contributed by atoms with E-state index < -0.39 is 11.4 Å². The first-order chi connectivity index (χ1) is 6.88. The number of allylic oxidation sites excluding steroid dienone is 1. The lowest BCUT2D eigenvalue weighted by atomic mass is 9.82. The molecule has 80 valence electrons. The Morgan fingerprint density at radius 3 is 2.53 bits per heavy atom. The van der Waals surface area contributed by atoms with Gasteiger partial charge in [-0.3, -0.25) is 0 Å². The topological polar surface area (TPSA) is 57.5 Å². The first-order valence-electron chi connectivity index (χ1n) is 4.59. The van der Waals surface area contributed by atoms with Crippen molar-refractivity contribution < 1.29 is 15.0 Å². The van der Waals surface area contributed by atoms with Crippen molar-refractivity contribution in [3.63, 3.8) is 0 Å². The minimum Gasteiger partial charge on any atom is -0.508 e. The van der Waals surface area contributed by atoms with Crippen molar-refractivity contribution in [1.82, 2.24) is 0 Å². The molecule has 3 heteroatoms. The molecule has 2 N–H and O–H groups in total. The Labute approximate surface area is 88.7 Å². The van der Waals surface area contributed by atoms with Gasteiger partial charge in [0, 0.05) is 5.41 Å². The van der Waals surface area contributed by atoms with Crippen LogP contribution in [0.15, 0.2) is 30.9 Å². The van der Waals surface area contributed by atoms with E-state index in [0.717, 1.165) is 0 Å². The van der Waals surface area contributed by atoms with Gasteiger partial charge in [-0.2, -0.15) is 0 Å². The van der Waals surface area contributed by atoms with Crippen LogP contribution >= 0.6 is 0 Å². The zero-order chi connectivity index (χ0) is 11.6. The predicted octanol–water partition coefficient (Wildman–Crippen LogP) is 2.55. The number of carboxylic acids is 1. The maximum absolute atomic E-state index is 11.0. The van der Waals surface area contributed by atoms with E-state index in [9.17, 15) is 9.90 Å². The molecule has 0 aromatic heterocycles. The number of aromatic carboxylic acids is 1. The van der Waals surface area contributed by atoms with Crippen LogP contribution in [-0.2, 0) is 5.41 Å². The lowest BCUT2D eigenvalue weighted by Gasteiger charge is -2.22. The monoisotopic (exact) mass is 206 g/mol. The summed E-state index contributed by atoms with van der Waals surface area (Å²) in [4.78, 5) is 11.0. The van der Waals surface area contributed by atoms with Crippen molar-refractivity contribution in [2.75, 3.05) is 0 Å². The van der Waals surface area contributed by atoms with Crippen LogP contribution in [0.2, 0.25) is 0 Å². The van der Waals surface area contributed by atoms with Gasteiger partial charge in [0.05, 0.1) is 5.56 Å². The molecule has 0 unspecified atom stereocenters. The lowest BCUT2D eigenvalue weighted by molar-refractivity contribution is 0.0694. The van der Waals surface area contributed by atoms with Gasteiger partial charge in [-0.25, -0.2) is 4.79 Å². The molecule has 0 saturated heterocycles. The largest absolute Gasteiger partial charge is 0.508 e. The summed E-state index contributed by atoms with van der Waals surface area (Å²) in [5.41, 5.74) is 0.273. The van der Waals surface area contributed by atoms with Crippen LogP contribution in [0.4, 0.5) is 0 Å². The SMILES string of the molecule is C=CC(C)(C)c1cc(O)ccc1C(=O)O. The minimum atomic E-state index is -1.00. The van der Waals surface area contributed by atoms with Gasteiger partial charge in [-0.05, 0) is 23.8 Å². The van der Waals surface area contributed by atoms with Crippen molar-refractivity contribution >= 4 is 5.97 Å². The normalized spacial score (nSPS) is 11.1. The molecule has 1 aromatic carbocycles. The zero-order valence-corrected chi connectivity index (χ0v) is 8.82. The number of phenols is 1. The molecule has 0 spiro atoms. The molecule has 1 rings (SSSR count). The Balaban J connectivity index is 3.43. The average Bonchev–Trinajstić information content (AvgIpc) is 2.17. The summed E-state index contributed by atoms with van der Waals surface area (Å²) in [5, 5.41) is 18.4. The highest BCUT2D eigenvalue weighted by atomic mass is 16.4. The van der Waals surface area contributed by atoms with Gasteiger partial charge in [0.15, 0.2) is 0 Å². The summed E-state index contributed by atoms with van der Waals surface area (Å²) in [6.45, 7) is 7.36. The summed E-state index contributed by atoms with van der Waals surface area (Å²) < 4.78 is 0. The summed E-state index contributed by atoms with van der Waals surface area (Å²) >= 11 is 0. The molecule has 0 radical (unpaired) electrons. The van der Waals surface area contributed by atoms with Crippen molar-refractivity contribution in [3.8, 4) is 5.75 Å². The van der Waals surface area contributed by atoms with E-state index in [1.165, 1.54) is 18.2 Å². The summed E-state index contributed by atoms with van der Waals surface area (Å²) in [6, 6.07) is 4.23. The summed E-state index contributed by atoms with van der Waals surface area (Å²) in [5.74, 6) is -0.940. The van der Waals surface area contributed by atoms with E-state index >= 15 is 0 Å². The molecule has 3 nitrogen and oxygen atoms in total. The average molecular weight is 206 g/mol. The Morgan fingerprint density at radius 2 is 2.07 bits per heavy atom. The Kier molecular flexibility index (Phi) is 2.84. The second kappa shape index (κ2) is 3.77. The highest BCUT2D eigenvalue weighted by molar-refractivity contribution is 5.90. The van der Waals surface area contributed by atoms with Gasteiger partial charge < -0.3 is 10.2 Å². The van der Waals surface area contributed by atoms with Gasteiger partial charge in [0.1, 0.15) is 5.75 Å². The molecular formula is C12H14O3. The molecule has 0 fully saturated rings. The molecule has 0 bridgehead atoms. The van der Waals surface area contributed by atoms with Crippen molar-refractivity contribution in [2.45, 2.75) is 19.3 Å². The maximum Gasteiger partial charge on any atom is 0.335 e. The van der Waals surface area contributed by atoms with E-state index in [-0.39, 0.29) is 11.3 Å². The molecule has 15 heavy (non-hydrogen) atoms. The predicted molar refractivity (Wildman–Crippen MR) is 58.3 cm³/mol. The van der Waals surface area contributed by atoms with Crippen LogP contribution in [0.1, 0.15) is 29.8 Å². The fourth-order valence-electron chi connectivity index (χ4n) is 1.36. The van der Waals surface area contributed by atoms with E-state index in [1.807, 2.05) is 13.8 Å². The fourth-order valence-corrected chi connectivity index (χ4v) is 1.36. The third-order valence-corrected chi connectivity index (χ3v) is 2.44. The lowest BCUT2D eigenvalue weighted by Crippen LogP contribution is -2.17. The van der Waals surface area contributed by atoms with Gasteiger partial charge in [0.2, 0.25) is 0 Å². The van der Waals surface area contributed by atoms with Gasteiger partial charge in [-0.1, -0.05) is 19.9 Å². The van der Waals surface area contributed by atoms with E-state index in [1.54, 1.807) is 6.08 Å². The van der Waals surface area contributed by atoms with E-state index in [0.29, 0.717) is 5.56 Å². The number of rotatable bonds is 3. The molecule has 0 aliphatic rings. The highest BCUT2D eigenvalue weighted by Crippen LogP contribution is 2.30. The smallest absolute Gasteiger partial charge is 0.335 e. The van der Waals surface area contributed by atoms with Crippen LogP contribution in [0.25, 0.3) is 0 Å². The van der Waals surface area contributed by atoms with Gasteiger partial charge in [0.25, 0.3) is 0 Å². The quantitative estimate of drug-likeness (QED) is 0.747. The second-order valence-electron chi connectivity index (χ2n) is 3.96.